The minimum absolute atomic E-state index is 0. The maximum Gasteiger partial charge on any atom is 0.335 e. The summed E-state index contributed by atoms with van der Waals surface area (Å²) in [4.78, 5) is 32.3. The van der Waals surface area contributed by atoms with Crippen LogP contribution in [0.3, 0.4) is 0 Å². The SMILES string of the molecule is O=C(O)c1cc(C(=O)Nc2ccc(S(=O)(=O)O)c3cc(S(=O)(=O)O)cc(O)c23)cc([N+](=O)[O-])c1.[Na].[Na]. The third kappa shape index (κ3) is 6.80. The monoisotopic (exact) mass is 558 g/mol. The van der Waals surface area contributed by atoms with Crippen LogP contribution in [0.1, 0.15) is 20.7 Å². The van der Waals surface area contributed by atoms with E-state index in [1.807, 2.05) is 0 Å². The molecule has 3 aromatic rings. The van der Waals surface area contributed by atoms with Crippen LogP contribution in [0, 0.1) is 10.1 Å². The predicted octanol–water partition coefficient (Wildman–Crippen LogP) is 1.14. The van der Waals surface area contributed by atoms with E-state index in [0.717, 1.165) is 30.3 Å². The minimum atomic E-state index is -4.98. The summed E-state index contributed by atoms with van der Waals surface area (Å²) >= 11 is 0. The van der Waals surface area contributed by atoms with Crippen molar-refractivity contribution in [2.45, 2.75) is 9.79 Å². The van der Waals surface area contributed by atoms with Crippen molar-refractivity contribution in [2.24, 2.45) is 0 Å². The summed E-state index contributed by atoms with van der Waals surface area (Å²) in [5, 5.41) is 31.7. The number of aromatic carboxylic acids is 1. The van der Waals surface area contributed by atoms with Gasteiger partial charge in [0.25, 0.3) is 31.8 Å². The smallest absolute Gasteiger partial charge is 0.335 e. The Kier molecular flexibility index (Phi) is 10.2. The molecule has 0 atom stereocenters. The molecule has 0 aliphatic heterocycles. The summed E-state index contributed by atoms with van der Waals surface area (Å²) in [6.07, 6.45) is 0. The van der Waals surface area contributed by atoms with Crippen molar-refractivity contribution in [2.75, 3.05) is 5.32 Å². The first-order valence-electron chi connectivity index (χ1n) is 8.68. The zero-order valence-corrected chi connectivity index (χ0v) is 24.0. The molecule has 14 nitrogen and oxygen atoms in total. The fraction of sp³-hybridized carbons (Fsp3) is 0. The number of phenols is 1. The Balaban J connectivity index is 0.00000324. The third-order valence-corrected chi connectivity index (χ3v) is 6.23. The normalized spacial score (nSPS) is 11.2. The molecule has 180 valence electrons. The number of anilines is 1. The summed E-state index contributed by atoms with van der Waals surface area (Å²) < 4.78 is 65.1. The maximum atomic E-state index is 12.7. The van der Waals surface area contributed by atoms with Gasteiger partial charge in [0.05, 0.1) is 21.1 Å². The summed E-state index contributed by atoms with van der Waals surface area (Å²) in [5.74, 6) is -3.59. The Morgan fingerprint density at radius 2 is 1.47 bits per heavy atom. The van der Waals surface area contributed by atoms with E-state index < -0.39 is 80.2 Å². The van der Waals surface area contributed by atoms with Gasteiger partial charge in [-0.25, -0.2) is 4.79 Å². The fourth-order valence-electron chi connectivity index (χ4n) is 3.05. The number of hydrogen-bond acceptors (Lipinski definition) is 9. The zero-order chi connectivity index (χ0) is 25.6. The molecule has 1 amide bonds. The third-order valence-electron chi connectivity index (χ3n) is 4.49. The van der Waals surface area contributed by atoms with Crippen LogP contribution in [0.4, 0.5) is 11.4 Å². The Morgan fingerprint density at radius 3 is 1.97 bits per heavy atom. The molecule has 3 rings (SSSR count). The summed E-state index contributed by atoms with van der Waals surface area (Å²) in [6.45, 7) is 0. The molecule has 0 fully saturated rings. The number of amides is 1. The van der Waals surface area contributed by atoms with E-state index in [2.05, 4.69) is 5.32 Å². The predicted molar refractivity (Wildman–Crippen MR) is 125 cm³/mol. The molecule has 0 bridgehead atoms. The Labute approximate surface area is 246 Å². The average Bonchev–Trinajstić information content (AvgIpc) is 2.71. The number of non-ortho nitro benzene ring substituents is 1. The number of hydrogen-bond donors (Lipinski definition) is 5. The van der Waals surface area contributed by atoms with Gasteiger partial charge in [-0.15, -0.1) is 0 Å². The van der Waals surface area contributed by atoms with Gasteiger partial charge in [0.2, 0.25) is 0 Å². The number of carboxylic acid groups (broad SMARTS) is 1. The summed E-state index contributed by atoms with van der Waals surface area (Å²) in [6, 6.07) is 5.18. The number of rotatable bonds is 6. The molecule has 5 N–H and O–H groups in total. The van der Waals surface area contributed by atoms with Gasteiger partial charge in [0.15, 0.2) is 0 Å². The Bertz CT molecular complexity index is 1590. The van der Waals surface area contributed by atoms with Gasteiger partial charge in [-0.05, 0) is 24.3 Å². The molecule has 2 radical (unpaired) electrons. The van der Waals surface area contributed by atoms with Crippen LogP contribution in [0.25, 0.3) is 10.8 Å². The minimum Gasteiger partial charge on any atom is -0.507 e. The van der Waals surface area contributed by atoms with Crippen molar-refractivity contribution in [1.29, 1.82) is 0 Å². The zero-order valence-electron chi connectivity index (χ0n) is 18.4. The quantitative estimate of drug-likeness (QED) is 0.124. The van der Waals surface area contributed by atoms with Crippen LogP contribution in [-0.4, -0.2) is 112 Å². The number of phenolic OH excluding ortho intramolecular Hbond substituents is 1. The number of carboxylic acids is 1. The van der Waals surface area contributed by atoms with Gasteiger partial charge in [0.1, 0.15) is 10.6 Å². The van der Waals surface area contributed by atoms with E-state index in [1.54, 1.807) is 0 Å². The molecular formula is C18H12N2Na2O12S2. The molecule has 0 unspecified atom stereocenters. The van der Waals surface area contributed by atoms with Crippen molar-refractivity contribution < 1.29 is 50.7 Å². The number of nitrogens with one attached hydrogen (secondary N) is 1. The van der Waals surface area contributed by atoms with Crippen LogP contribution in [0.15, 0.2) is 52.3 Å². The van der Waals surface area contributed by atoms with Crippen LogP contribution in [0.5, 0.6) is 5.75 Å². The van der Waals surface area contributed by atoms with Crippen molar-refractivity contribution in [3.63, 3.8) is 0 Å². The topological polar surface area (TPSA) is 239 Å². The second kappa shape index (κ2) is 11.5. The number of nitro groups is 1. The molecule has 0 saturated carbocycles. The Morgan fingerprint density at radius 1 is 0.889 bits per heavy atom. The van der Waals surface area contributed by atoms with E-state index in [0.29, 0.717) is 12.1 Å². The molecule has 0 saturated heterocycles. The maximum absolute atomic E-state index is 12.7. The van der Waals surface area contributed by atoms with Gasteiger partial charge >= 0.3 is 5.97 Å². The van der Waals surface area contributed by atoms with Gasteiger partial charge in [0, 0.05) is 93.6 Å². The molecule has 0 aromatic heterocycles. The molecule has 3 aromatic carbocycles. The van der Waals surface area contributed by atoms with E-state index in [4.69, 9.17) is 5.11 Å². The fourth-order valence-corrected chi connectivity index (χ4v) is 4.26. The van der Waals surface area contributed by atoms with Crippen LogP contribution >= 0.6 is 0 Å². The van der Waals surface area contributed by atoms with Crippen LogP contribution in [0.2, 0.25) is 0 Å². The van der Waals surface area contributed by atoms with Gasteiger partial charge < -0.3 is 15.5 Å². The molecule has 0 aliphatic rings. The second-order valence-electron chi connectivity index (χ2n) is 6.71. The van der Waals surface area contributed by atoms with Crippen molar-refractivity contribution in [3.05, 3.63) is 63.7 Å². The molecular weight excluding hydrogens is 546 g/mol. The molecule has 18 heteroatoms. The van der Waals surface area contributed by atoms with Crippen molar-refractivity contribution in [1.82, 2.24) is 0 Å². The molecule has 0 aliphatic carbocycles. The van der Waals surface area contributed by atoms with Crippen molar-refractivity contribution >= 4 is 113 Å². The van der Waals surface area contributed by atoms with Gasteiger partial charge in [-0.3, -0.25) is 24.0 Å². The standard InChI is InChI=1S/C18H12N2O12S2.2Na/c21-14-7-11(33(27,28)29)6-12-15(34(30,31)32)2-1-13(16(12)14)19-17(22)8-3-9(18(23)24)5-10(4-8)20(25)26;;/h1-7,21H,(H,19,22)(H,23,24)(H,27,28,29)(H,30,31,32);;. The largest absolute Gasteiger partial charge is 0.507 e. The van der Waals surface area contributed by atoms with Gasteiger partial charge in [-0.2, -0.15) is 16.8 Å². The molecule has 0 heterocycles. The van der Waals surface area contributed by atoms with E-state index in [-0.39, 0.29) is 64.8 Å². The number of benzene rings is 3. The average molecular weight is 558 g/mol. The number of aromatic hydroxyl groups is 1. The number of nitrogens with zero attached hydrogens (tertiary/aromatic N) is 1. The van der Waals surface area contributed by atoms with Crippen molar-refractivity contribution in [3.8, 4) is 5.75 Å². The second-order valence-corrected chi connectivity index (χ2v) is 9.52. The summed E-state index contributed by atoms with van der Waals surface area (Å²) in [5.41, 5.74) is -2.10. The van der Waals surface area contributed by atoms with Gasteiger partial charge in [-0.1, -0.05) is 0 Å². The summed E-state index contributed by atoms with van der Waals surface area (Å²) in [7, 11) is -9.90. The first-order chi connectivity index (χ1) is 15.6. The number of carbonyl (C=O) groups excluding carboxylic acids is 1. The Hall–Kier alpha value is -2.12. The molecule has 36 heavy (non-hydrogen) atoms. The van der Waals surface area contributed by atoms with Crippen LogP contribution in [-0.2, 0) is 20.2 Å². The number of nitro benzene ring substituents is 1. The molecule has 0 spiro atoms. The number of carbonyl (C=O) groups is 2. The van der Waals surface area contributed by atoms with E-state index in [9.17, 15) is 50.8 Å². The van der Waals surface area contributed by atoms with Crippen LogP contribution < -0.4 is 5.32 Å². The van der Waals surface area contributed by atoms with E-state index in [1.165, 1.54) is 0 Å². The van der Waals surface area contributed by atoms with E-state index >= 15 is 0 Å². The first-order valence-corrected chi connectivity index (χ1v) is 11.6. The first kappa shape index (κ1) is 31.9. The number of fused-ring (bicyclic) bond motifs is 1.